The first-order valence-corrected chi connectivity index (χ1v) is 6.24. The number of aromatic nitrogens is 2. The third-order valence-electron chi connectivity index (χ3n) is 3.44. The topological polar surface area (TPSA) is 47.4 Å². The number of amides is 1. The van der Waals surface area contributed by atoms with Crippen LogP contribution in [0.15, 0.2) is 6.07 Å². The van der Waals surface area contributed by atoms with Gasteiger partial charge in [-0.15, -0.1) is 0 Å². The number of ether oxygens (including phenoxy) is 1. The van der Waals surface area contributed by atoms with Crippen LogP contribution >= 0.6 is 0 Å². The number of halogens is 1. The molecule has 0 spiro atoms. The molecule has 0 aliphatic carbocycles. The molecule has 0 aromatic carbocycles. The Hall–Kier alpha value is -1.59. The fourth-order valence-corrected chi connectivity index (χ4v) is 2.43. The number of aryl methyl sites for hydroxylation is 1. The molecule has 2 aliphatic rings. The normalized spacial score (nSPS) is 26.9. The van der Waals surface area contributed by atoms with E-state index in [0.29, 0.717) is 31.1 Å². The quantitative estimate of drug-likeness (QED) is 0.756. The maximum absolute atomic E-state index is 13.7. The minimum Gasteiger partial charge on any atom is -0.478 e. The molecule has 98 valence electrons. The highest BCUT2D eigenvalue weighted by Gasteiger charge is 2.37. The van der Waals surface area contributed by atoms with E-state index in [2.05, 4.69) is 5.10 Å². The maximum Gasteiger partial charge on any atom is 0.274 e. The number of fused-ring (bicyclic) bond motifs is 1. The summed E-state index contributed by atoms with van der Waals surface area (Å²) in [5, 5.41) is 4.22. The van der Waals surface area contributed by atoms with Crippen LogP contribution in [0.2, 0.25) is 0 Å². The Morgan fingerprint density at radius 3 is 3.06 bits per heavy atom. The summed E-state index contributed by atoms with van der Waals surface area (Å²) in [7, 11) is 0. The van der Waals surface area contributed by atoms with E-state index in [1.54, 1.807) is 10.7 Å². The number of carbonyl (C=O) groups is 1. The van der Waals surface area contributed by atoms with Gasteiger partial charge >= 0.3 is 0 Å². The smallest absolute Gasteiger partial charge is 0.274 e. The van der Waals surface area contributed by atoms with Crippen molar-refractivity contribution in [2.24, 2.45) is 0 Å². The molecule has 1 amide bonds. The molecule has 1 fully saturated rings. The highest BCUT2D eigenvalue weighted by atomic mass is 19.1. The Morgan fingerprint density at radius 2 is 2.39 bits per heavy atom. The summed E-state index contributed by atoms with van der Waals surface area (Å²) in [6.45, 7) is 3.56. The highest BCUT2D eigenvalue weighted by molar-refractivity contribution is 5.92. The highest BCUT2D eigenvalue weighted by Crippen LogP contribution is 2.27. The third-order valence-corrected chi connectivity index (χ3v) is 3.44. The summed E-state index contributed by atoms with van der Waals surface area (Å²) >= 11 is 0. The predicted octanol–water partition coefficient (Wildman–Crippen LogP) is 1.24. The van der Waals surface area contributed by atoms with Gasteiger partial charge in [-0.2, -0.15) is 5.10 Å². The summed E-state index contributed by atoms with van der Waals surface area (Å²) in [4.78, 5) is 13.7. The molecular weight excluding hydrogens is 237 g/mol. The zero-order chi connectivity index (χ0) is 12.8. The van der Waals surface area contributed by atoms with Crippen molar-refractivity contribution in [2.75, 3.05) is 19.7 Å². The molecule has 1 aromatic rings. The molecule has 3 heterocycles. The van der Waals surface area contributed by atoms with Crippen molar-refractivity contribution >= 4 is 5.91 Å². The first-order valence-electron chi connectivity index (χ1n) is 6.24. The Morgan fingerprint density at radius 1 is 1.56 bits per heavy atom. The molecule has 1 aromatic heterocycles. The van der Waals surface area contributed by atoms with Crippen LogP contribution in [-0.2, 0) is 6.54 Å². The van der Waals surface area contributed by atoms with Gasteiger partial charge < -0.3 is 9.64 Å². The van der Waals surface area contributed by atoms with E-state index < -0.39 is 5.67 Å². The summed E-state index contributed by atoms with van der Waals surface area (Å²) in [6.07, 6.45) is 1.29. The molecule has 2 aliphatic heterocycles. The molecule has 3 rings (SSSR count). The van der Waals surface area contributed by atoms with Gasteiger partial charge in [-0.3, -0.25) is 4.79 Å². The average molecular weight is 253 g/mol. The van der Waals surface area contributed by atoms with Gasteiger partial charge in [0.05, 0.1) is 13.2 Å². The fourth-order valence-electron chi connectivity index (χ4n) is 2.43. The number of carbonyl (C=O) groups excluding carboxylic acids is 1. The summed E-state index contributed by atoms with van der Waals surface area (Å²) < 4.78 is 20.8. The zero-order valence-electron chi connectivity index (χ0n) is 10.4. The Balaban J connectivity index is 1.78. The third kappa shape index (κ3) is 1.95. The number of hydrogen-bond acceptors (Lipinski definition) is 3. The Kier molecular flexibility index (Phi) is 2.53. The van der Waals surface area contributed by atoms with Crippen LogP contribution in [0.25, 0.3) is 0 Å². The second-order valence-corrected chi connectivity index (χ2v) is 5.18. The molecule has 0 saturated carbocycles. The summed E-state index contributed by atoms with van der Waals surface area (Å²) in [5.41, 5.74) is -0.921. The van der Waals surface area contributed by atoms with E-state index in [1.165, 1.54) is 11.8 Å². The van der Waals surface area contributed by atoms with Crippen LogP contribution in [0.3, 0.4) is 0 Å². The standard InChI is InChI=1S/C12H16FN3O2/c1-12(13)3-5-15(8-12)11(17)9-7-10-16(14-9)4-2-6-18-10/h7H,2-6,8H2,1H3. The van der Waals surface area contributed by atoms with Crippen molar-refractivity contribution < 1.29 is 13.9 Å². The fraction of sp³-hybridized carbons (Fsp3) is 0.667. The lowest BCUT2D eigenvalue weighted by molar-refractivity contribution is 0.0754. The van der Waals surface area contributed by atoms with Gasteiger partial charge in [-0.1, -0.05) is 0 Å². The largest absolute Gasteiger partial charge is 0.478 e. The van der Waals surface area contributed by atoms with Crippen LogP contribution in [0.5, 0.6) is 5.88 Å². The molecule has 5 nitrogen and oxygen atoms in total. The van der Waals surface area contributed by atoms with Gasteiger partial charge in [0.15, 0.2) is 5.69 Å². The molecule has 18 heavy (non-hydrogen) atoms. The predicted molar refractivity (Wildman–Crippen MR) is 62.4 cm³/mol. The van der Waals surface area contributed by atoms with Gasteiger partial charge in [-0.25, -0.2) is 9.07 Å². The Labute approximate surface area is 105 Å². The number of nitrogens with zero attached hydrogens (tertiary/aromatic N) is 3. The second-order valence-electron chi connectivity index (χ2n) is 5.18. The number of rotatable bonds is 1. The van der Waals surface area contributed by atoms with Crippen molar-refractivity contribution in [2.45, 2.75) is 32.0 Å². The van der Waals surface area contributed by atoms with Crippen LogP contribution in [0.4, 0.5) is 4.39 Å². The van der Waals surface area contributed by atoms with Crippen molar-refractivity contribution in [1.82, 2.24) is 14.7 Å². The first-order chi connectivity index (χ1) is 8.55. The molecule has 1 unspecified atom stereocenters. The van der Waals surface area contributed by atoms with Crippen LogP contribution in [-0.4, -0.2) is 46.0 Å². The maximum atomic E-state index is 13.7. The lowest BCUT2D eigenvalue weighted by atomic mass is 10.1. The van der Waals surface area contributed by atoms with E-state index in [9.17, 15) is 9.18 Å². The van der Waals surface area contributed by atoms with Crippen LogP contribution in [0, 0.1) is 0 Å². The van der Waals surface area contributed by atoms with Gasteiger partial charge in [-0.05, 0) is 6.92 Å². The molecule has 0 N–H and O–H groups in total. The first kappa shape index (κ1) is 11.5. The summed E-state index contributed by atoms with van der Waals surface area (Å²) in [5.74, 6) is 0.425. The molecule has 6 heteroatoms. The number of hydrogen-bond donors (Lipinski definition) is 0. The summed E-state index contributed by atoms with van der Waals surface area (Å²) in [6, 6.07) is 1.65. The van der Waals surface area contributed by atoms with Gasteiger partial charge in [0, 0.05) is 32.0 Å². The monoisotopic (exact) mass is 253 g/mol. The van der Waals surface area contributed by atoms with E-state index in [4.69, 9.17) is 4.74 Å². The van der Waals surface area contributed by atoms with E-state index in [1.807, 2.05) is 0 Å². The van der Waals surface area contributed by atoms with Crippen molar-refractivity contribution in [3.8, 4) is 5.88 Å². The van der Waals surface area contributed by atoms with Gasteiger partial charge in [0.25, 0.3) is 5.91 Å². The SMILES string of the molecule is CC1(F)CCN(C(=O)c2cc3n(n2)CCCO3)C1. The van der Waals surface area contributed by atoms with Gasteiger partial charge in [0.1, 0.15) is 5.67 Å². The van der Waals surface area contributed by atoms with Crippen molar-refractivity contribution in [3.05, 3.63) is 11.8 Å². The van der Waals surface area contributed by atoms with Crippen LogP contribution < -0.4 is 4.74 Å². The van der Waals surface area contributed by atoms with Crippen molar-refractivity contribution in [1.29, 1.82) is 0 Å². The van der Waals surface area contributed by atoms with Crippen molar-refractivity contribution in [3.63, 3.8) is 0 Å². The molecule has 1 atom stereocenters. The minimum atomic E-state index is -1.27. The van der Waals surface area contributed by atoms with E-state index >= 15 is 0 Å². The lowest BCUT2D eigenvalue weighted by Gasteiger charge is -2.16. The molecule has 1 saturated heterocycles. The average Bonchev–Trinajstić information content (AvgIpc) is 2.91. The zero-order valence-corrected chi connectivity index (χ0v) is 10.4. The van der Waals surface area contributed by atoms with E-state index in [0.717, 1.165) is 13.0 Å². The second kappa shape index (κ2) is 3.96. The number of alkyl halides is 1. The Bertz CT molecular complexity index is 460. The number of likely N-dealkylation sites (tertiary alicyclic amines) is 1. The molecular formula is C12H16FN3O2. The van der Waals surface area contributed by atoms with E-state index in [-0.39, 0.29) is 12.5 Å². The molecule has 0 radical (unpaired) electrons. The van der Waals surface area contributed by atoms with Gasteiger partial charge in [0.2, 0.25) is 5.88 Å². The lowest BCUT2D eigenvalue weighted by Crippen LogP contribution is -2.32. The minimum absolute atomic E-state index is 0.148. The molecule has 0 bridgehead atoms. The van der Waals surface area contributed by atoms with Crippen LogP contribution in [0.1, 0.15) is 30.3 Å².